The average molecular weight is 1110 g/mol. The highest BCUT2D eigenvalue weighted by Gasteiger charge is 2.18. The van der Waals surface area contributed by atoms with E-state index in [1.165, 1.54) is 334 Å². The van der Waals surface area contributed by atoms with Gasteiger partial charge < -0.3 is 20.3 Å². The van der Waals surface area contributed by atoms with Crippen LogP contribution in [0.5, 0.6) is 0 Å². The Morgan fingerprint density at radius 2 is 0.595 bits per heavy atom. The number of allylic oxidation sites excluding steroid dienone is 3. The van der Waals surface area contributed by atoms with Gasteiger partial charge in [0.2, 0.25) is 5.91 Å². The van der Waals surface area contributed by atoms with E-state index in [0.717, 1.165) is 44.9 Å². The predicted octanol–water partition coefficient (Wildman–Crippen LogP) is 23.3. The summed E-state index contributed by atoms with van der Waals surface area (Å²) in [5.41, 5.74) is 0. The van der Waals surface area contributed by atoms with Crippen molar-refractivity contribution in [3.05, 3.63) is 24.3 Å². The largest absolute Gasteiger partial charge is 0.466 e. The van der Waals surface area contributed by atoms with Gasteiger partial charge in [-0.3, -0.25) is 9.59 Å². The Kier molecular flexibility index (Phi) is 67.4. The molecule has 0 heterocycles. The second-order valence-electron chi connectivity index (χ2n) is 24.9. The van der Waals surface area contributed by atoms with E-state index in [1.807, 2.05) is 6.08 Å². The fourth-order valence-electron chi connectivity index (χ4n) is 11.5. The van der Waals surface area contributed by atoms with Crippen LogP contribution in [0.1, 0.15) is 406 Å². The molecule has 79 heavy (non-hydrogen) atoms. The zero-order valence-electron chi connectivity index (χ0n) is 53.6. The van der Waals surface area contributed by atoms with Crippen molar-refractivity contribution in [2.24, 2.45) is 0 Å². The molecule has 0 saturated carbocycles. The van der Waals surface area contributed by atoms with E-state index in [4.69, 9.17) is 4.74 Å². The summed E-state index contributed by atoms with van der Waals surface area (Å²) in [7, 11) is 0. The van der Waals surface area contributed by atoms with E-state index in [-0.39, 0.29) is 18.5 Å². The second-order valence-corrected chi connectivity index (χ2v) is 24.9. The smallest absolute Gasteiger partial charge is 0.305 e. The summed E-state index contributed by atoms with van der Waals surface area (Å²) < 4.78 is 5.50. The van der Waals surface area contributed by atoms with E-state index in [0.29, 0.717) is 19.4 Å². The number of carbonyl (C=O) groups is 2. The molecule has 3 N–H and O–H groups in total. The van der Waals surface area contributed by atoms with E-state index < -0.39 is 12.1 Å². The molecule has 2 unspecified atom stereocenters. The van der Waals surface area contributed by atoms with Crippen molar-refractivity contribution in [3.63, 3.8) is 0 Å². The Bertz CT molecular complexity index is 1230. The maximum atomic E-state index is 12.5. The molecule has 0 aliphatic rings. The molecule has 6 heteroatoms. The molecule has 0 radical (unpaired) electrons. The van der Waals surface area contributed by atoms with Crippen LogP contribution in [0, 0.1) is 0 Å². The van der Waals surface area contributed by atoms with Crippen LogP contribution in [0.25, 0.3) is 0 Å². The molecule has 0 aromatic rings. The predicted molar refractivity (Wildman–Crippen MR) is 347 cm³/mol. The molecule has 468 valence electrons. The monoisotopic (exact) mass is 1110 g/mol. The van der Waals surface area contributed by atoms with Crippen LogP contribution in [0.2, 0.25) is 0 Å². The molecule has 0 aliphatic carbocycles. The third-order valence-corrected chi connectivity index (χ3v) is 17.0. The lowest BCUT2D eigenvalue weighted by molar-refractivity contribution is -0.143. The number of rotatable bonds is 68. The minimum Gasteiger partial charge on any atom is -0.466 e. The van der Waals surface area contributed by atoms with Crippen LogP contribution in [0.3, 0.4) is 0 Å². The van der Waals surface area contributed by atoms with Crippen LogP contribution >= 0.6 is 0 Å². The Morgan fingerprint density at radius 1 is 0.342 bits per heavy atom. The van der Waals surface area contributed by atoms with Gasteiger partial charge in [0.15, 0.2) is 0 Å². The van der Waals surface area contributed by atoms with Gasteiger partial charge >= 0.3 is 5.97 Å². The fourth-order valence-corrected chi connectivity index (χ4v) is 11.5. The van der Waals surface area contributed by atoms with E-state index in [2.05, 4.69) is 31.3 Å². The lowest BCUT2D eigenvalue weighted by Crippen LogP contribution is -2.45. The Hall–Kier alpha value is -1.66. The molecule has 1 amide bonds. The number of carbonyl (C=O) groups excluding carboxylic acids is 2. The molecular weight excluding hydrogens is 971 g/mol. The van der Waals surface area contributed by atoms with Crippen LogP contribution in [-0.4, -0.2) is 47.4 Å². The summed E-state index contributed by atoms with van der Waals surface area (Å²) in [6, 6.07) is -0.625. The number of unbranched alkanes of at least 4 members (excludes halogenated alkanes) is 55. The minimum atomic E-state index is -0.842. The molecule has 2 atom stereocenters. The van der Waals surface area contributed by atoms with Crippen LogP contribution < -0.4 is 5.32 Å². The minimum absolute atomic E-state index is 0.0159. The molecule has 0 fully saturated rings. The first-order chi connectivity index (χ1) is 39.0. The van der Waals surface area contributed by atoms with Gasteiger partial charge in [-0.05, 0) is 57.8 Å². The Labute approximate surface area is 494 Å². The number of ether oxygens (including phenoxy) is 1. The second kappa shape index (κ2) is 68.8. The number of esters is 1. The lowest BCUT2D eigenvalue weighted by atomic mass is 10.0. The number of aliphatic hydroxyl groups excluding tert-OH is 2. The van der Waals surface area contributed by atoms with Gasteiger partial charge in [-0.15, -0.1) is 0 Å². The zero-order chi connectivity index (χ0) is 57.1. The Morgan fingerprint density at radius 3 is 0.899 bits per heavy atom. The molecule has 0 aromatic carbocycles. The molecule has 0 saturated heterocycles. The molecule has 0 rings (SSSR count). The molecular formula is C73H141NO5. The van der Waals surface area contributed by atoms with Gasteiger partial charge in [-0.1, -0.05) is 359 Å². The van der Waals surface area contributed by atoms with E-state index in [1.54, 1.807) is 6.08 Å². The molecule has 0 aromatic heterocycles. The summed E-state index contributed by atoms with van der Waals surface area (Å²) in [4.78, 5) is 24.6. The molecule has 0 aliphatic heterocycles. The quantitative estimate of drug-likeness (QED) is 0.0320. The van der Waals surface area contributed by atoms with Crippen molar-refractivity contribution in [1.29, 1.82) is 0 Å². The van der Waals surface area contributed by atoms with Crippen molar-refractivity contribution in [3.8, 4) is 0 Å². The zero-order valence-corrected chi connectivity index (χ0v) is 53.6. The standard InChI is InChI=1S/C73H141NO5/c1-3-5-7-9-11-13-15-17-19-33-37-41-45-49-53-57-61-65-71(76)70(69-75)74-72(77)66-62-58-54-50-46-42-38-35-31-29-27-25-23-21-22-24-26-28-30-32-36-40-44-48-52-56-60-64-68-79-73(78)67-63-59-55-51-47-43-39-34-20-18-16-14-12-10-8-6-4-2/h18,20,61,65,70-71,75-76H,3-17,19,21-60,62-64,66-69H2,1-2H3,(H,74,77)/b20-18-,65-61+. The molecule has 0 bridgehead atoms. The van der Waals surface area contributed by atoms with E-state index >= 15 is 0 Å². The van der Waals surface area contributed by atoms with E-state index in [9.17, 15) is 19.8 Å². The van der Waals surface area contributed by atoms with Crippen molar-refractivity contribution in [1.82, 2.24) is 5.32 Å². The summed E-state index contributed by atoms with van der Waals surface area (Å²) in [5, 5.41) is 23.2. The van der Waals surface area contributed by atoms with Gasteiger partial charge in [-0.25, -0.2) is 0 Å². The fraction of sp³-hybridized carbons (Fsp3) is 0.918. The number of hydrogen-bond acceptors (Lipinski definition) is 5. The van der Waals surface area contributed by atoms with Crippen LogP contribution in [0.4, 0.5) is 0 Å². The normalized spacial score (nSPS) is 12.6. The van der Waals surface area contributed by atoms with Crippen LogP contribution in [0.15, 0.2) is 24.3 Å². The van der Waals surface area contributed by atoms with Crippen molar-refractivity contribution in [2.45, 2.75) is 418 Å². The maximum absolute atomic E-state index is 12.5. The number of amides is 1. The highest BCUT2D eigenvalue weighted by atomic mass is 16.5. The lowest BCUT2D eigenvalue weighted by Gasteiger charge is -2.20. The molecule has 6 nitrogen and oxygen atoms in total. The third-order valence-electron chi connectivity index (χ3n) is 17.0. The van der Waals surface area contributed by atoms with Gasteiger partial charge in [0, 0.05) is 12.8 Å². The van der Waals surface area contributed by atoms with Gasteiger partial charge in [0.05, 0.1) is 25.4 Å². The topological polar surface area (TPSA) is 95.9 Å². The highest BCUT2D eigenvalue weighted by Crippen LogP contribution is 2.19. The number of nitrogens with one attached hydrogen (secondary N) is 1. The maximum Gasteiger partial charge on any atom is 0.305 e. The first-order valence-electron chi connectivity index (χ1n) is 36.1. The van der Waals surface area contributed by atoms with Gasteiger partial charge in [0.1, 0.15) is 0 Å². The Balaban J connectivity index is 3.35. The average Bonchev–Trinajstić information content (AvgIpc) is 3.45. The number of hydrogen-bond donors (Lipinski definition) is 3. The first kappa shape index (κ1) is 77.3. The summed E-state index contributed by atoms with van der Waals surface area (Å²) in [6.07, 6.45) is 86.9. The summed E-state index contributed by atoms with van der Waals surface area (Å²) >= 11 is 0. The number of aliphatic hydroxyl groups is 2. The van der Waals surface area contributed by atoms with Gasteiger partial charge in [-0.2, -0.15) is 0 Å². The van der Waals surface area contributed by atoms with Crippen molar-refractivity contribution < 1.29 is 24.5 Å². The first-order valence-corrected chi connectivity index (χ1v) is 36.1. The SMILES string of the molecule is CCCCCCCC/C=C\CCCCCCCCCC(=O)OCCCCCCCCCCCCCCCCCCCCCCCCCCCCCCC(=O)NC(CO)C(O)/C=C/CCCCCCCCCCCCCCCCC. The summed E-state index contributed by atoms with van der Waals surface area (Å²) in [5.74, 6) is -0.0457. The van der Waals surface area contributed by atoms with Crippen molar-refractivity contribution in [2.75, 3.05) is 13.2 Å². The summed E-state index contributed by atoms with van der Waals surface area (Å²) in [6.45, 7) is 4.94. The van der Waals surface area contributed by atoms with Crippen LogP contribution in [-0.2, 0) is 14.3 Å². The highest BCUT2D eigenvalue weighted by molar-refractivity contribution is 5.76. The van der Waals surface area contributed by atoms with Crippen molar-refractivity contribution >= 4 is 11.9 Å². The van der Waals surface area contributed by atoms with Gasteiger partial charge in [0.25, 0.3) is 0 Å². The third kappa shape index (κ3) is 65.4. The molecule has 0 spiro atoms.